The summed E-state index contributed by atoms with van der Waals surface area (Å²) in [4.78, 5) is 4.59. The van der Waals surface area contributed by atoms with E-state index in [1.54, 1.807) is 24.4 Å². The number of aryl methyl sites for hydroxylation is 1. The lowest BCUT2D eigenvalue weighted by molar-refractivity contribution is 0.593. The van der Waals surface area contributed by atoms with Crippen molar-refractivity contribution < 1.29 is 8.42 Å². The summed E-state index contributed by atoms with van der Waals surface area (Å²) in [7, 11) is -3.70. The highest BCUT2D eigenvalue weighted by molar-refractivity contribution is 7.94. The molecule has 25 heavy (non-hydrogen) atoms. The molecule has 0 aliphatic carbocycles. The van der Waals surface area contributed by atoms with E-state index in [2.05, 4.69) is 15.2 Å². The highest BCUT2D eigenvalue weighted by Crippen LogP contribution is 2.30. The van der Waals surface area contributed by atoms with Crippen LogP contribution in [0.4, 0.5) is 5.82 Å². The summed E-state index contributed by atoms with van der Waals surface area (Å²) in [5.41, 5.74) is 1.96. The van der Waals surface area contributed by atoms with Crippen LogP contribution in [0.5, 0.6) is 0 Å². The van der Waals surface area contributed by atoms with Crippen LogP contribution < -0.4 is 4.31 Å². The molecule has 7 nitrogen and oxygen atoms in total. The molecular formula is C16H15N5O2S2. The summed E-state index contributed by atoms with van der Waals surface area (Å²) in [6.45, 7) is 3.86. The monoisotopic (exact) mass is 373 g/mol. The lowest BCUT2D eigenvalue weighted by Gasteiger charge is -2.21. The van der Waals surface area contributed by atoms with Crippen LogP contribution in [0.2, 0.25) is 0 Å². The number of hydrogen-bond donors (Lipinski definition) is 0. The van der Waals surface area contributed by atoms with E-state index in [4.69, 9.17) is 0 Å². The van der Waals surface area contributed by atoms with Gasteiger partial charge in [-0.3, -0.25) is 4.40 Å². The van der Waals surface area contributed by atoms with Gasteiger partial charge in [-0.2, -0.15) is 0 Å². The molecule has 9 heteroatoms. The molecule has 128 valence electrons. The molecule has 0 spiro atoms. The van der Waals surface area contributed by atoms with Crippen LogP contribution in [-0.4, -0.2) is 34.5 Å². The Hall–Kier alpha value is -2.52. The third kappa shape index (κ3) is 2.38. The third-order valence-electron chi connectivity index (χ3n) is 3.94. The molecule has 0 saturated carbocycles. The first-order valence-electron chi connectivity index (χ1n) is 7.70. The Morgan fingerprint density at radius 1 is 1.16 bits per heavy atom. The molecule has 0 atom stereocenters. The Kier molecular flexibility index (Phi) is 3.69. The summed E-state index contributed by atoms with van der Waals surface area (Å²) < 4.78 is 29.5. The van der Waals surface area contributed by atoms with Crippen molar-refractivity contribution in [2.75, 3.05) is 10.8 Å². The van der Waals surface area contributed by atoms with Crippen LogP contribution in [0.1, 0.15) is 12.7 Å². The SMILES string of the molecule is CCN(c1nc2ccccc2n2c(C)nnc12)S(=O)(=O)c1cccs1. The third-order valence-corrected chi connectivity index (χ3v) is 7.17. The van der Waals surface area contributed by atoms with Crippen molar-refractivity contribution in [1.82, 2.24) is 19.6 Å². The lowest BCUT2D eigenvalue weighted by Crippen LogP contribution is -2.31. The Morgan fingerprint density at radius 3 is 2.68 bits per heavy atom. The van der Waals surface area contributed by atoms with Gasteiger partial charge in [0.1, 0.15) is 10.0 Å². The lowest BCUT2D eigenvalue weighted by atomic mass is 10.3. The number of fused-ring (bicyclic) bond motifs is 3. The first-order valence-corrected chi connectivity index (χ1v) is 10.0. The molecule has 0 N–H and O–H groups in total. The zero-order chi connectivity index (χ0) is 17.6. The van der Waals surface area contributed by atoms with Gasteiger partial charge in [-0.05, 0) is 37.4 Å². The zero-order valence-corrected chi connectivity index (χ0v) is 15.3. The molecule has 0 amide bonds. The molecule has 0 aliphatic heterocycles. The molecule has 0 saturated heterocycles. The first kappa shape index (κ1) is 16.0. The normalized spacial score (nSPS) is 12.1. The minimum absolute atomic E-state index is 0.243. The predicted octanol–water partition coefficient (Wildman–Crippen LogP) is 2.86. The van der Waals surface area contributed by atoms with Crippen LogP contribution in [0.15, 0.2) is 46.0 Å². The number of thiophene rings is 1. The molecule has 0 fully saturated rings. The summed E-state index contributed by atoms with van der Waals surface area (Å²) in [5.74, 6) is 0.967. The first-order chi connectivity index (χ1) is 12.0. The maximum atomic E-state index is 13.1. The van der Waals surface area contributed by atoms with Gasteiger partial charge < -0.3 is 0 Å². The van der Waals surface area contributed by atoms with Gasteiger partial charge in [0.25, 0.3) is 10.0 Å². The quantitative estimate of drug-likeness (QED) is 0.549. The van der Waals surface area contributed by atoms with Crippen LogP contribution in [-0.2, 0) is 10.0 Å². The van der Waals surface area contributed by atoms with Crippen molar-refractivity contribution in [2.24, 2.45) is 0 Å². The number of rotatable bonds is 4. The average Bonchev–Trinajstić information content (AvgIpc) is 3.26. The van der Waals surface area contributed by atoms with Crippen molar-refractivity contribution in [2.45, 2.75) is 18.1 Å². The van der Waals surface area contributed by atoms with E-state index in [1.165, 1.54) is 15.6 Å². The van der Waals surface area contributed by atoms with Gasteiger partial charge in [0.05, 0.1) is 11.0 Å². The van der Waals surface area contributed by atoms with E-state index in [-0.39, 0.29) is 16.6 Å². The van der Waals surface area contributed by atoms with Gasteiger partial charge >= 0.3 is 0 Å². The summed E-state index contributed by atoms with van der Waals surface area (Å²) >= 11 is 1.18. The van der Waals surface area contributed by atoms with Gasteiger partial charge in [0.15, 0.2) is 5.82 Å². The molecular weight excluding hydrogens is 358 g/mol. The summed E-state index contributed by atoms with van der Waals surface area (Å²) in [5, 5.41) is 10.0. The topological polar surface area (TPSA) is 80.5 Å². The zero-order valence-electron chi connectivity index (χ0n) is 13.6. The minimum Gasteiger partial charge on any atom is -0.274 e. The van der Waals surface area contributed by atoms with E-state index in [0.29, 0.717) is 17.0 Å². The molecule has 4 rings (SSSR count). The van der Waals surface area contributed by atoms with Crippen molar-refractivity contribution in [3.63, 3.8) is 0 Å². The highest BCUT2D eigenvalue weighted by atomic mass is 32.2. The number of sulfonamides is 1. The minimum atomic E-state index is -3.70. The van der Waals surface area contributed by atoms with E-state index in [9.17, 15) is 8.42 Å². The van der Waals surface area contributed by atoms with E-state index >= 15 is 0 Å². The Morgan fingerprint density at radius 2 is 1.96 bits per heavy atom. The fraction of sp³-hybridized carbons (Fsp3) is 0.188. The van der Waals surface area contributed by atoms with Crippen LogP contribution in [0.25, 0.3) is 16.7 Å². The second kappa shape index (κ2) is 5.78. The molecule has 1 aromatic carbocycles. The smallest absolute Gasteiger partial charge is 0.274 e. The van der Waals surface area contributed by atoms with Crippen LogP contribution >= 0.6 is 11.3 Å². The second-order valence-corrected chi connectivity index (χ2v) is 8.47. The Labute approximate surface area is 148 Å². The van der Waals surface area contributed by atoms with Crippen molar-refractivity contribution >= 4 is 43.9 Å². The summed E-state index contributed by atoms with van der Waals surface area (Å²) in [6.07, 6.45) is 0. The van der Waals surface area contributed by atoms with Gasteiger partial charge in [0, 0.05) is 6.54 Å². The predicted molar refractivity (Wildman–Crippen MR) is 97.5 cm³/mol. The molecule has 4 aromatic rings. The van der Waals surface area contributed by atoms with Crippen LogP contribution in [0, 0.1) is 6.92 Å². The van der Waals surface area contributed by atoms with E-state index in [0.717, 1.165) is 5.52 Å². The standard InChI is InChI=1S/C16H15N5O2S2/c1-3-20(25(22,23)14-9-6-10-24-14)15-16-19-18-11(2)21(16)13-8-5-4-7-12(13)17-15/h4-10H,3H2,1-2H3. The van der Waals surface area contributed by atoms with Gasteiger partial charge in [-0.25, -0.2) is 17.7 Å². The van der Waals surface area contributed by atoms with E-state index in [1.807, 2.05) is 35.6 Å². The largest absolute Gasteiger partial charge is 0.275 e. The number of hydrogen-bond acceptors (Lipinski definition) is 6. The average molecular weight is 373 g/mol. The Balaban J connectivity index is 2.05. The van der Waals surface area contributed by atoms with Gasteiger partial charge in [0.2, 0.25) is 5.65 Å². The van der Waals surface area contributed by atoms with Gasteiger partial charge in [-0.1, -0.05) is 18.2 Å². The van der Waals surface area contributed by atoms with Crippen molar-refractivity contribution in [3.05, 3.63) is 47.6 Å². The van der Waals surface area contributed by atoms with E-state index < -0.39 is 10.0 Å². The number of benzene rings is 1. The number of para-hydroxylation sites is 2. The Bertz CT molecular complexity index is 1170. The second-order valence-electron chi connectivity index (χ2n) is 5.43. The molecule has 0 aliphatic rings. The molecule has 3 heterocycles. The summed E-state index contributed by atoms with van der Waals surface area (Å²) in [6, 6.07) is 10.9. The molecule has 3 aromatic heterocycles. The highest BCUT2D eigenvalue weighted by Gasteiger charge is 2.29. The molecule has 0 unspecified atom stereocenters. The fourth-order valence-electron chi connectivity index (χ4n) is 2.83. The van der Waals surface area contributed by atoms with Gasteiger partial charge in [-0.15, -0.1) is 21.5 Å². The maximum Gasteiger partial charge on any atom is 0.275 e. The van der Waals surface area contributed by atoms with Crippen LogP contribution in [0.3, 0.4) is 0 Å². The fourth-order valence-corrected chi connectivity index (χ4v) is 5.36. The molecule has 0 radical (unpaired) electrons. The van der Waals surface area contributed by atoms with Crippen molar-refractivity contribution in [1.29, 1.82) is 0 Å². The number of nitrogens with zero attached hydrogens (tertiary/aromatic N) is 5. The molecule has 0 bridgehead atoms. The maximum absolute atomic E-state index is 13.1. The number of aromatic nitrogens is 4. The number of anilines is 1. The van der Waals surface area contributed by atoms with Crippen molar-refractivity contribution in [3.8, 4) is 0 Å².